The average molecular weight is 471 g/mol. The average Bonchev–Trinajstić information content (AvgIpc) is 2.87. The Morgan fingerprint density at radius 1 is 1.12 bits per heavy atom. The van der Waals surface area contributed by atoms with E-state index in [4.69, 9.17) is 14.2 Å². The Kier molecular flexibility index (Phi) is 7.67. The number of carbonyl (C=O) groups excluding carboxylic acids is 2. The summed E-state index contributed by atoms with van der Waals surface area (Å²) in [5.41, 5.74) is 0.966. The van der Waals surface area contributed by atoms with E-state index in [0.717, 1.165) is 18.4 Å². The molecule has 2 atom stereocenters. The van der Waals surface area contributed by atoms with Gasteiger partial charge in [-0.25, -0.2) is 4.39 Å². The maximum absolute atomic E-state index is 13.4. The summed E-state index contributed by atoms with van der Waals surface area (Å²) in [7, 11) is 3.29. The molecule has 7 nitrogen and oxygen atoms in total. The fourth-order valence-electron chi connectivity index (χ4n) is 4.74. The summed E-state index contributed by atoms with van der Waals surface area (Å²) in [4.78, 5) is 29.3. The first-order valence-corrected chi connectivity index (χ1v) is 11.6. The third-order valence-electron chi connectivity index (χ3n) is 6.70. The number of halogens is 1. The van der Waals surface area contributed by atoms with E-state index < -0.39 is 6.10 Å². The van der Waals surface area contributed by atoms with Gasteiger partial charge in [0.15, 0.2) is 11.5 Å². The van der Waals surface area contributed by atoms with Crippen molar-refractivity contribution in [2.75, 3.05) is 40.5 Å². The maximum atomic E-state index is 13.4. The number of hydrogen-bond acceptors (Lipinski definition) is 5. The molecule has 2 aromatic carbocycles. The van der Waals surface area contributed by atoms with Crippen molar-refractivity contribution in [2.45, 2.75) is 31.4 Å². The Hall–Kier alpha value is -3.13. The second-order valence-electron chi connectivity index (χ2n) is 8.86. The summed E-state index contributed by atoms with van der Waals surface area (Å²) < 4.78 is 30.0. The van der Waals surface area contributed by atoms with Crippen LogP contribution in [0.2, 0.25) is 0 Å². The zero-order valence-corrected chi connectivity index (χ0v) is 19.6. The normalized spacial score (nSPS) is 18.9. The molecule has 0 aromatic heterocycles. The number of nitrogens with zero attached hydrogens (tertiary/aromatic N) is 2. The molecule has 2 heterocycles. The smallest absolute Gasteiger partial charge is 0.267 e. The SMILES string of the molecule is COCC(=O)N(C)[C@@H](Cc1ccc(F)cc1)C1CCN(C(=O)[C@H]2COc3ccccc3O2)CC1. The quantitative estimate of drug-likeness (QED) is 0.623. The molecule has 1 fully saturated rings. The molecule has 2 aromatic rings. The van der Waals surface area contributed by atoms with E-state index in [1.165, 1.54) is 19.2 Å². The number of methoxy groups -OCH3 is 1. The molecular formula is C26H31FN2O5. The van der Waals surface area contributed by atoms with Gasteiger partial charge in [-0.2, -0.15) is 0 Å². The summed E-state index contributed by atoms with van der Waals surface area (Å²) in [6, 6.07) is 13.7. The second kappa shape index (κ2) is 10.9. The molecule has 0 spiro atoms. The van der Waals surface area contributed by atoms with Gasteiger partial charge in [-0.3, -0.25) is 9.59 Å². The van der Waals surface area contributed by atoms with Crippen molar-refractivity contribution in [3.63, 3.8) is 0 Å². The molecule has 4 rings (SSSR count). The Morgan fingerprint density at radius 2 is 1.79 bits per heavy atom. The van der Waals surface area contributed by atoms with Crippen LogP contribution in [0.4, 0.5) is 4.39 Å². The Morgan fingerprint density at radius 3 is 2.47 bits per heavy atom. The van der Waals surface area contributed by atoms with Gasteiger partial charge in [0.25, 0.3) is 5.91 Å². The largest absolute Gasteiger partial charge is 0.485 e. The topological polar surface area (TPSA) is 68.3 Å². The number of amides is 2. The van der Waals surface area contributed by atoms with Gasteiger partial charge in [-0.05, 0) is 55.0 Å². The zero-order chi connectivity index (χ0) is 24.1. The number of carbonyl (C=O) groups is 2. The van der Waals surface area contributed by atoms with E-state index in [0.29, 0.717) is 31.0 Å². The van der Waals surface area contributed by atoms with Crippen LogP contribution in [0.25, 0.3) is 0 Å². The molecule has 0 N–H and O–H groups in total. The fraction of sp³-hybridized carbons (Fsp3) is 0.462. The number of ether oxygens (including phenoxy) is 3. The van der Waals surface area contributed by atoms with Gasteiger partial charge < -0.3 is 24.0 Å². The van der Waals surface area contributed by atoms with Crippen LogP contribution in [0.3, 0.4) is 0 Å². The molecule has 0 unspecified atom stereocenters. The van der Waals surface area contributed by atoms with Crippen LogP contribution in [0, 0.1) is 11.7 Å². The first-order valence-electron chi connectivity index (χ1n) is 11.6. The zero-order valence-electron chi connectivity index (χ0n) is 19.6. The van der Waals surface area contributed by atoms with Gasteiger partial charge in [-0.15, -0.1) is 0 Å². The van der Waals surface area contributed by atoms with Crippen LogP contribution in [0.5, 0.6) is 11.5 Å². The highest BCUT2D eigenvalue weighted by atomic mass is 19.1. The molecule has 2 amide bonds. The number of rotatable bonds is 7. The lowest BCUT2D eigenvalue weighted by atomic mass is 9.84. The molecular weight excluding hydrogens is 439 g/mol. The lowest BCUT2D eigenvalue weighted by molar-refractivity contribution is -0.144. The molecule has 2 aliphatic rings. The summed E-state index contributed by atoms with van der Waals surface area (Å²) in [6.07, 6.45) is 1.47. The monoisotopic (exact) mass is 470 g/mol. The molecule has 2 aliphatic heterocycles. The Bertz CT molecular complexity index is 991. The van der Waals surface area contributed by atoms with Gasteiger partial charge in [0.2, 0.25) is 12.0 Å². The summed E-state index contributed by atoms with van der Waals surface area (Å²) >= 11 is 0. The van der Waals surface area contributed by atoms with E-state index in [1.807, 2.05) is 23.1 Å². The molecule has 0 saturated carbocycles. The molecule has 0 bridgehead atoms. The van der Waals surface area contributed by atoms with E-state index in [2.05, 4.69) is 0 Å². The van der Waals surface area contributed by atoms with Crippen molar-refractivity contribution in [3.8, 4) is 11.5 Å². The van der Waals surface area contributed by atoms with Crippen LogP contribution in [-0.2, 0) is 20.7 Å². The molecule has 182 valence electrons. The van der Waals surface area contributed by atoms with E-state index in [-0.39, 0.29) is 42.8 Å². The van der Waals surface area contributed by atoms with E-state index >= 15 is 0 Å². The highest BCUT2D eigenvalue weighted by molar-refractivity contribution is 5.82. The number of likely N-dealkylation sites (N-methyl/N-ethyl adjacent to an activating group) is 1. The Balaban J connectivity index is 1.40. The maximum Gasteiger partial charge on any atom is 0.267 e. The van der Waals surface area contributed by atoms with Crippen LogP contribution >= 0.6 is 0 Å². The Labute approximate surface area is 199 Å². The molecule has 0 radical (unpaired) electrons. The van der Waals surface area contributed by atoms with Crippen molar-refractivity contribution < 1.29 is 28.2 Å². The number of piperidine rings is 1. The predicted octanol–water partition coefficient (Wildman–Crippen LogP) is 2.92. The number of para-hydroxylation sites is 2. The van der Waals surface area contributed by atoms with Crippen molar-refractivity contribution in [1.29, 1.82) is 0 Å². The minimum atomic E-state index is -0.660. The van der Waals surface area contributed by atoms with Crippen molar-refractivity contribution in [1.82, 2.24) is 9.80 Å². The molecule has 1 saturated heterocycles. The highest BCUT2D eigenvalue weighted by Crippen LogP contribution is 2.32. The summed E-state index contributed by atoms with van der Waals surface area (Å²) in [5, 5.41) is 0. The third-order valence-corrected chi connectivity index (χ3v) is 6.70. The second-order valence-corrected chi connectivity index (χ2v) is 8.86. The van der Waals surface area contributed by atoms with Gasteiger partial charge in [0, 0.05) is 33.3 Å². The molecule has 8 heteroatoms. The number of fused-ring (bicyclic) bond motifs is 1. The van der Waals surface area contributed by atoms with Gasteiger partial charge >= 0.3 is 0 Å². The number of likely N-dealkylation sites (tertiary alicyclic amines) is 1. The van der Waals surface area contributed by atoms with Crippen molar-refractivity contribution in [2.24, 2.45) is 5.92 Å². The lowest BCUT2D eigenvalue weighted by Crippen LogP contribution is -2.52. The molecule has 0 aliphatic carbocycles. The van der Waals surface area contributed by atoms with Crippen LogP contribution in [0.1, 0.15) is 18.4 Å². The minimum Gasteiger partial charge on any atom is -0.485 e. The van der Waals surface area contributed by atoms with Gasteiger partial charge in [-0.1, -0.05) is 24.3 Å². The predicted molar refractivity (Wildman–Crippen MR) is 124 cm³/mol. The highest BCUT2D eigenvalue weighted by Gasteiger charge is 2.36. The number of hydrogen-bond donors (Lipinski definition) is 0. The van der Waals surface area contributed by atoms with Gasteiger partial charge in [0.1, 0.15) is 19.0 Å². The third kappa shape index (κ3) is 5.50. The van der Waals surface area contributed by atoms with Crippen LogP contribution < -0.4 is 9.47 Å². The lowest BCUT2D eigenvalue weighted by Gasteiger charge is -2.41. The molecule has 34 heavy (non-hydrogen) atoms. The summed E-state index contributed by atoms with van der Waals surface area (Å²) in [6.45, 7) is 1.36. The fourth-order valence-corrected chi connectivity index (χ4v) is 4.74. The summed E-state index contributed by atoms with van der Waals surface area (Å²) in [5.74, 6) is 0.973. The van der Waals surface area contributed by atoms with Crippen molar-refractivity contribution in [3.05, 3.63) is 59.9 Å². The number of benzene rings is 2. The standard InChI is InChI=1S/C26H31FN2O5/c1-28(25(30)17-32-2)21(15-18-7-9-20(27)10-8-18)19-11-13-29(14-12-19)26(31)24-16-33-22-5-3-4-6-23(22)34-24/h3-10,19,21,24H,11-17H2,1-2H3/t21-,24+/m0/s1. The van der Waals surface area contributed by atoms with Crippen LogP contribution in [-0.4, -0.2) is 74.2 Å². The van der Waals surface area contributed by atoms with Crippen LogP contribution in [0.15, 0.2) is 48.5 Å². The van der Waals surface area contributed by atoms with Gasteiger partial charge in [0.05, 0.1) is 0 Å². The van der Waals surface area contributed by atoms with Crippen molar-refractivity contribution >= 4 is 11.8 Å². The van der Waals surface area contributed by atoms with E-state index in [1.54, 1.807) is 30.1 Å². The first-order chi connectivity index (χ1) is 16.5. The first kappa shape index (κ1) is 24.0. The van der Waals surface area contributed by atoms with E-state index in [9.17, 15) is 14.0 Å². The minimum absolute atomic E-state index is 0.00818.